The lowest BCUT2D eigenvalue weighted by atomic mass is 10.0. The van der Waals surface area contributed by atoms with Crippen molar-refractivity contribution in [1.82, 2.24) is 10.2 Å². The van der Waals surface area contributed by atoms with Crippen LogP contribution in [0.2, 0.25) is 10.0 Å². The minimum atomic E-state index is -0.785. The van der Waals surface area contributed by atoms with E-state index in [4.69, 9.17) is 27.9 Å². The lowest BCUT2D eigenvalue weighted by Gasteiger charge is -2.34. The number of benzene rings is 3. The average Bonchev–Trinajstić information content (AvgIpc) is 2.81. The minimum absolute atomic E-state index is 0.152. The Morgan fingerprint density at radius 2 is 1.67 bits per heavy atom. The Bertz CT molecular complexity index is 1200. The average molecular weight is 592 g/mol. The Hall–Kier alpha value is -2.54. The molecular formula is C28H29BrCl2N2O3. The van der Waals surface area contributed by atoms with Crippen molar-refractivity contribution in [1.29, 1.82) is 0 Å². The number of hydrogen-bond donors (Lipinski definition) is 1. The Labute approximate surface area is 230 Å². The van der Waals surface area contributed by atoms with Crippen molar-refractivity contribution in [3.05, 3.63) is 98.4 Å². The quantitative estimate of drug-likeness (QED) is 0.302. The Kier molecular flexibility index (Phi) is 9.83. The van der Waals surface area contributed by atoms with Gasteiger partial charge in [0.05, 0.1) is 4.47 Å². The molecule has 2 amide bonds. The van der Waals surface area contributed by atoms with Gasteiger partial charge in [-0.2, -0.15) is 0 Å². The summed E-state index contributed by atoms with van der Waals surface area (Å²) in [5.74, 6) is -0.120. The summed E-state index contributed by atoms with van der Waals surface area (Å²) in [6.45, 7) is 5.61. The summed E-state index contributed by atoms with van der Waals surface area (Å²) in [7, 11) is 0. The van der Waals surface area contributed by atoms with Crippen LogP contribution in [0.4, 0.5) is 0 Å². The maximum Gasteiger partial charge on any atom is 0.261 e. The summed E-state index contributed by atoms with van der Waals surface area (Å²) in [6, 6.07) is 21.2. The lowest BCUT2D eigenvalue weighted by Crippen LogP contribution is -2.55. The Morgan fingerprint density at radius 1 is 1.00 bits per heavy atom. The maximum absolute atomic E-state index is 13.6. The predicted molar refractivity (Wildman–Crippen MR) is 148 cm³/mol. The van der Waals surface area contributed by atoms with Crippen LogP contribution < -0.4 is 10.1 Å². The van der Waals surface area contributed by atoms with E-state index in [1.165, 1.54) is 0 Å². The predicted octanol–water partition coefficient (Wildman–Crippen LogP) is 6.69. The molecule has 5 nitrogen and oxygen atoms in total. The van der Waals surface area contributed by atoms with E-state index in [1.54, 1.807) is 29.2 Å². The number of hydrogen-bond acceptors (Lipinski definition) is 3. The second-order valence-electron chi connectivity index (χ2n) is 9.42. The maximum atomic E-state index is 13.6. The Balaban J connectivity index is 1.95. The van der Waals surface area contributed by atoms with Crippen molar-refractivity contribution in [2.45, 2.75) is 45.3 Å². The summed E-state index contributed by atoms with van der Waals surface area (Å²) < 4.78 is 6.45. The van der Waals surface area contributed by atoms with Gasteiger partial charge in [0.15, 0.2) is 6.61 Å². The number of nitrogens with one attached hydrogen (secondary N) is 1. The van der Waals surface area contributed by atoms with E-state index < -0.39 is 11.6 Å². The third-order valence-corrected chi connectivity index (χ3v) is 6.54. The zero-order chi connectivity index (χ0) is 26.3. The second kappa shape index (κ2) is 12.6. The molecule has 3 aromatic carbocycles. The molecule has 190 valence electrons. The molecule has 3 rings (SSSR count). The summed E-state index contributed by atoms with van der Waals surface area (Å²) in [4.78, 5) is 28.7. The molecule has 0 aliphatic heterocycles. The monoisotopic (exact) mass is 590 g/mol. The highest BCUT2D eigenvalue weighted by molar-refractivity contribution is 9.10. The first-order valence-corrected chi connectivity index (χ1v) is 13.0. The number of carbonyl (C=O) groups is 2. The zero-order valence-corrected chi connectivity index (χ0v) is 23.5. The lowest BCUT2D eigenvalue weighted by molar-refractivity contribution is -0.143. The van der Waals surface area contributed by atoms with Crippen molar-refractivity contribution in [3.8, 4) is 5.75 Å². The largest absolute Gasteiger partial charge is 0.483 e. The van der Waals surface area contributed by atoms with E-state index in [2.05, 4.69) is 21.2 Å². The van der Waals surface area contributed by atoms with E-state index in [9.17, 15) is 9.59 Å². The second-order valence-corrected chi connectivity index (χ2v) is 11.1. The van der Waals surface area contributed by atoms with Crippen molar-refractivity contribution >= 4 is 50.9 Å². The minimum Gasteiger partial charge on any atom is -0.483 e. The van der Waals surface area contributed by atoms with Crippen LogP contribution in [0.5, 0.6) is 5.75 Å². The van der Waals surface area contributed by atoms with Crippen LogP contribution in [0.3, 0.4) is 0 Å². The molecule has 0 aliphatic carbocycles. The van der Waals surface area contributed by atoms with Gasteiger partial charge in [0.2, 0.25) is 5.91 Å². The number of halogens is 3. The van der Waals surface area contributed by atoms with Gasteiger partial charge in [-0.3, -0.25) is 9.59 Å². The number of rotatable bonds is 9. The molecule has 0 fully saturated rings. The molecule has 0 bridgehead atoms. The van der Waals surface area contributed by atoms with Crippen molar-refractivity contribution in [2.24, 2.45) is 0 Å². The van der Waals surface area contributed by atoms with E-state index in [1.807, 2.05) is 69.3 Å². The van der Waals surface area contributed by atoms with E-state index in [0.717, 1.165) is 11.1 Å². The van der Waals surface area contributed by atoms with Crippen LogP contribution in [0.1, 0.15) is 31.9 Å². The smallest absolute Gasteiger partial charge is 0.261 e. The third kappa shape index (κ3) is 8.26. The molecule has 0 saturated carbocycles. The highest BCUT2D eigenvalue weighted by Gasteiger charge is 2.32. The highest BCUT2D eigenvalue weighted by Crippen LogP contribution is 2.28. The van der Waals surface area contributed by atoms with Crippen LogP contribution in [-0.4, -0.2) is 34.9 Å². The first-order chi connectivity index (χ1) is 17.0. The molecule has 36 heavy (non-hydrogen) atoms. The van der Waals surface area contributed by atoms with Crippen molar-refractivity contribution < 1.29 is 14.3 Å². The van der Waals surface area contributed by atoms with Crippen LogP contribution in [0.15, 0.2) is 77.3 Å². The molecule has 0 unspecified atom stereocenters. The van der Waals surface area contributed by atoms with Crippen molar-refractivity contribution in [3.63, 3.8) is 0 Å². The van der Waals surface area contributed by atoms with Gasteiger partial charge in [0.1, 0.15) is 11.8 Å². The van der Waals surface area contributed by atoms with Crippen LogP contribution >= 0.6 is 39.1 Å². The fraction of sp³-hybridized carbons (Fsp3) is 0.286. The van der Waals surface area contributed by atoms with Gasteiger partial charge < -0.3 is 15.0 Å². The molecule has 0 radical (unpaired) electrons. The summed E-state index contributed by atoms with van der Waals surface area (Å²) in [5.41, 5.74) is 1.20. The normalized spacial score (nSPS) is 12.1. The van der Waals surface area contributed by atoms with Crippen LogP contribution in [0, 0.1) is 0 Å². The molecule has 0 saturated heterocycles. The molecular weight excluding hydrogens is 563 g/mol. The molecule has 0 spiro atoms. The van der Waals surface area contributed by atoms with Gasteiger partial charge in [0, 0.05) is 28.5 Å². The van der Waals surface area contributed by atoms with Gasteiger partial charge in [-0.15, -0.1) is 0 Å². The number of amides is 2. The standard InChI is InChI=1S/C28H29BrCl2N2O3/c1-28(2,3)32-27(35)24(15-19-9-5-4-6-10-19)33(17-20-11-7-8-12-23(20)31)26(34)18-36-25-14-13-21(30)16-22(25)29/h4-14,16,24H,15,17-18H2,1-3H3,(H,32,35)/t24-/m1/s1. The topological polar surface area (TPSA) is 58.6 Å². The van der Waals surface area contributed by atoms with Crippen LogP contribution in [0.25, 0.3) is 0 Å². The van der Waals surface area contributed by atoms with E-state index in [0.29, 0.717) is 26.7 Å². The molecule has 0 aliphatic rings. The zero-order valence-electron chi connectivity index (χ0n) is 20.4. The first kappa shape index (κ1) is 28.0. The van der Waals surface area contributed by atoms with Gasteiger partial charge in [-0.1, -0.05) is 71.7 Å². The molecule has 3 aromatic rings. The fourth-order valence-electron chi connectivity index (χ4n) is 3.63. The van der Waals surface area contributed by atoms with E-state index >= 15 is 0 Å². The van der Waals surface area contributed by atoms with Gasteiger partial charge in [0.25, 0.3) is 5.91 Å². The summed E-state index contributed by atoms with van der Waals surface area (Å²) in [5, 5.41) is 4.10. The van der Waals surface area contributed by atoms with Gasteiger partial charge in [-0.25, -0.2) is 0 Å². The molecule has 0 aromatic heterocycles. The molecule has 1 atom stereocenters. The fourth-order valence-corrected chi connectivity index (χ4v) is 4.62. The van der Waals surface area contributed by atoms with Gasteiger partial charge >= 0.3 is 0 Å². The summed E-state index contributed by atoms with van der Waals surface area (Å²) in [6.07, 6.45) is 0.337. The molecule has 1 N–H and O–H groups in total. The van der Waals surface area contributed by atoms with Crippen LogP contribution in [-0.2, 0) is 22.6 Å². The Morgan fingerprint density at radius 3 is 2.31 bits per heavy atom. The summed E-state index contributed by atoms with van der Waals surface area (Å²) >= 11 is 15.9. The third-order valence-electron chi connectivity index (χ3n) is 5.31. The first-order valence-electron chi connectivity index (χ1n) is 11.5. The molecule has 8 heteroatoms. The van der Waals surface area contributed by atoms with Crippen molar-refractivity contribution in [2.75, 3.05) is 6.61 Å². The number of carbonyl (C=O) groups excluding carboxylic acids is 2. The molecule has 0 heterocycles. The van der Waals surface area contributed by atoms with E-state index in [-0.39, 0.29) is 25.0 Å². The SMILES string of the molecule is CC(C)(C)NC(=O)[C@@H](Cc1ccccc1)N(Cc1ccccc1Cl)C(=O)COc1ccc(Cl)cc1Br. The highest BCUT2D eigenvalue weighted by atomic mass is 79.9. The number of nitrogens with zero attached hydrogens (tertiary/aromatic N) is 1. The number of ether oxygens (including phenoxy) is 1. The van der Waals surface area contributed by atoms with Gasteiger partial charge in [-0.05, 0) is 72.1 Å².